The highest BCUT2D eigenvalue weighted by Gasteiger charge is 2.30. The van der Waals surface area contributed by atoms with Gasteiger partial charge < -0.3 is 10.2 Å². The van der Waals surface area contributed by atoms with Gasteiger partial charge in [0.2, 0.25) is 11.8 Å². The van der Waals surface area contributed by atoms with Gasteiger partial charge in [-0.3, -0.25) is 9.59 Å². The predicted octanol–water partition coefficient (Wildman–Crippen LogP) is 2.08. The van der Waals surface area contributed by atoms with Crippen LogP contribution in [0.3, 0.4) is 0 Å². The molecule has 146 valence electrons. The van der Waals surface area contributed by atoms with Crippen molar-refractivity contribution in [2.45, 2.75) is 37.8 Å². The van der Waals surface area contributed by atoms with Gasteiger partial charge in [-0.25, -0.2) is 10.9 Å². The Morgan fingerprint density at radius 2 is 1.82 bits per heavy atom. The summed E-state index contributed by atoms with van der Waals surface area (Å²) in [6, 6.07) is 18.0. The molecule has 3 N–H and O–H groups in total. The number of carbonyl (C=O) groups excluding carboxylic acids is 2. The van der Waals surface area contributed by atoms with E-state index >= 15 is 0 Å². The largest absolute Gasteiger partial charge is 0.354 e. The van der Waals surface area contributed by atoms with Crippen LogP contribution in [-0.2, 0) is 16.0 Å². The molecule has 2 atom stereocenters. The second kappa shape index (κ2) is 8.54. The lowest BCUT2D eigenvalue weighted by Gasteiger charge is -2.29. The fraction of sp³-hybridized carbons (Fsp3) is 0.364. The molecular weight excluding hydrogens is 352 g/mol. The fourth-order valence-electron chi connectivity index (χ4n) is 3.98. The Balaban J connectivity index is 1.26. The first-order chi connectivity index (χ1) is 13.7. The van der Waals surface area contributed by atoms with Crippen LogP contribution in [0.4, 0.5) is 5.69 Å². The number of benzene rings is 2. The molecule has 2 aromatic carbocycles. The van der Waals surface area contributed by atoms with Gasteiger partial charge in [0.15, 0.2) is 0 Å². The topological polar surface area (TPSA) is 73.5 Å². The van der Waals surface area contributed by atoms with E-state index in [1.807, 2.05) is 41.3 Å². The molecule has 2 unspecified atom stereocenters. The minimum Gasteiger partial charge on any atom is -0.354 e. The first-order valence-corrected chi connectivity index (χ1v) is 9.94. The van der Waals surface area contributed by atoms with Gasteiger partial charge in [-0.1, -0.05) is 48.5 Å². The summed E-state index contributed by atoms with van der Waals surface area (Å²) >= 11 is 0. The number of anilines is 1. The van der Waals surface area contributed by atoms with E-state index < -0.39 is 0 Å². The first-order valence-electron chi connectivity index (χ1n) is 9.94. The summed E-state index contributed by atoms with van der Waals surface area (Å²) in [6.45, 7) is 1.10. The van der Waals surface area contributed by atoms with Crippen LogP contribution < -0.4 is 21.1 Å². The van der Waals surface area contributed by atoms with Gasteiger partial charge in [0.1, 0.15) is 6.04 Å². The Morgan fingerprint density at radius 3 is 2.68 bits per heavy atom. The highest BCUT2D eigenvalue weighted by Crippen LogP contribution is 2.27. The minimum absolute atomic E-state index is 0.0621. The second-order valence-corrected chi connectivity index (χ2v) is 7.36. The Labute approximate surface area is 165 Å². The summed E-state index contributed by atoms with van der Waals surface area (Å²) in [7, 11) is 0. The van der Waals surface area contributed by atoms with Crippen LogP contribution in [0.5, 0.6) is 0 Å². The maximum atomic E-state index is 12.6. The van der Waals surface area contributed by atoms with Gasteiger partial charge in [0.25, 0.3) is 0 Å². The molecule has 28 heavy (non-hydrogen) atoms. The number of nitrogens with zero attached hydrogens (tertiary/aromatic N) is 1. The van der Waals surface area contributed by atoms with Crippen LogP contribution in [-0.4, -0.2) is 30.9 Å². The highest BCUT2D eigenvalue weighted by atomic mass is 16.2. The molecule has 1 fully saturated rings. The smallest absolute Gasteiger partial charge is 0.238 e. The van der Waals surface area contributed by atoms with Crippen molar-refractivity contribution in [1.29, 1.82) is 0 Å². The Bertz CT molecular complexity index is 839. The number of aryl methyl sites for hydroxylation is 1. The van der Waals surface area contributed by atoms with E-state index in [1.165, 1.54) is 5.56 Å². The Morgan fingerprint density at radius 1 is 1.04 bits per heavy atom. The van der Waals surface area contributed by atoms with E-state index in [1.54, 1.807) is 0 Å². The van der Waals surface area contributed by atoms with Crippen molar-refractivity contribution in [1.82, 2.24) is 16.2 Å². The monoisotopic (exact) mass is 378 g/mol. The van der Waals surface area contributed by atoms with Crippen LogP contribution in [0, 0.1) is 0 Å². The number of amides is 2. The lowest BCUT2D eigenvalue weighted by molar-refractivity contribution is -0.123. The average molecular weight is 378 g/mol. The first kappa shape index (κ1) is 18.7. The zero-order valence-corrected chi connectivity index (χ0v) is 15.9. The number of carbonyl (C=O) groups is 2. The summed E-state index contributed by atoms with van der Waals surface area (Å²) in [5.41, 5.74) is 9.63. The molecule has 0 aromatic heterocycles. The summed E-state index contributed by atoms with van der Waals surface area (Å²) in [5, 5.41) is 2.90. The van der Waals surface area contributed by atoms with Crippen LogP contribution in [0.1, 0.15) is 36.4 Å². The third kappa shape index (κ3) is 4.08. The molecule has 0 bridgehead atoms. The number of hydrazine groups is 1. The molecule has 2 aromatic rings. The Hall–Kier alpha value is -2.70. The molecule has 1 saturated heterocycles. The minimum atomic E-state index is -0.295. The standard InChI is InChI=1S/C22H26N4O2/c27-21(26-14-6-10-17-9-4-5-11-20(17)26)12-13-23-22(28)19-15-18(24-25-19)16-7-2-1-3-8-16/h1-5,7-9,11,18-19,24-25H,6,10,12-15H2,(H,23,28). The van der Waals surface area contributed by atoms with Crippen molar-refractivity contribution >= 4 is 17.5 Å². The summed E-state index contributed by atoms with van der Waals surface area (Å²) < 4.78 is 0. The molecular formula is C22H26N4O2. The molecule has 6 nitrogen and oxygen atoms in total. The molecule has 2 aliphatic rings. The fourth-order valence-corrected chi connectivity index (χ4v) is 3.98. The van der Waals surface area contributed by atoms with Crippen LogP contribution in [0.25, 0.3) is 0 Å². The van der Waals surface area contributed by atoms with Gasteiger partial charge in [-0.2, -0.15) is 0 Å². The number of fused-ring (bicyclic) bond motifs is 1. The van der Waals surface area contributed by atoms with Crippen molar-refractivity contribution in [2.24, 2.45) is 0 Å². The van der Waals surface area contributed by atoms with Crippen LogP contribution in [0.15, 0.2) is 54.6 Å². The van der Waals surface area contributed by atoms with E-state index in [0.717, 1.165) is 30.6 Å². The van der Waals surface area contributed by atoms with Crippen molar-refractivity contribution in [3.8, 4) is 0 Å². The van der Waals surface area contributed by atoms with E-state index in [4.69, 9.17) is 0 Å². The molecule has 0 aliphatic carbocycles. The van der Waals surface area contributed by atoms with Crippen molar-refractivity contribution in [2.75, 3.05) is 18.0 Å². The molecule has 2 aliphatic heterocycles. The van der Waals surface area contributed by atoms with Gasteiger partial charge in [0, 0.05) is 31.2 Å². The maximum absolute atomic E-state index is 12.6. The molecule has 0 radical (unpaired) electrons. The molecule has 4 rings (SSSR count). The number of nitrogens with one attached hydrogen (secondary N) is 3. The molecule has 0 spiro atoms. The summed E-state index contributed by atoms with van der Waals surface area (Å²) in [5.74, 6) is -0.00936. The molecule has 2 amide bonds. The molecule has 0 saturated carbocycles. The number of rotatable bonds is 5. The second-order valence-electron chi connectivity index (χ2n) is 7.36. The van der Waals surface area contributed by atoms with Gasteiger partial charge in [0.05, 0.1) is 0 Å². The van der Waals surface area contributed by atoms with Gasteiger partial charge in [-0.15, -0.1) is 0 Å². The zero-order valence-electron chi connectivity index (χ0n) is 15.9. The van der Waals surface area contributed by atoms with Crippen molar-refractivity contribution < 1.29 is 9.59 Å². The highest BCUT2D eigenvalue weighted by molar-refractivity contribution is 5.95. The quantitative estimate of drug-likeness (QED) is 0.745. The van der Waals surface area contributed by atoms with E-state index in [0.29, 0.717) is 19.4 Å². The number of hydrogen-bond acceptors (Lipinski definition) is 4. The van der Waals surface area contributed by atoms with Crippen molar-refractivity contribution in [3.05, 3.63) is 65.7 Å². The van der Waals surface area contributed by atoms with Gasteiger partial charge >= 0.3 is 0 Å². The van der Waals surface area contributed by atoms with E-state index in [2.05, 4.69) is 34.4 Å². The van der Waals surface area contributed by atoms with E-state index in [-0.39, 0.29) is 23.9 Å². The lowest BCUT2D eigenvalue weighted by atomic mass is 10.0. The third-order valence-electron chi connectivity index (χ3n) is 5.47. The third-order valence-corrected chi connectivity index (χ3v) is 5.47. The molecule has 6 heteroatoms. The van der Waals surface area contributed by atoms with Crippen molar-refractivity contribution in [3.63, 3.8) is 0 Å². The summed E-state index contributed by atoms with van der Waals surface area (Å²) in [6.07, 6.45) is 2.99. The molecule has 2 heterocycles. The summed E-state index contributed by atoms with van der Waals surface area (Å²) in [4.78, 5) is 26.9. The average Bonchev–Trinajstić information content (AvgIpc) is 3.24. The van der Waals surface area contributed by atoms with Crippen LogP contribution >= 0.6 is 0 Å². The van der Waals surface area contributed by atoms with E-state index in [9.17, 15) is 9.59 Å². The zero-order chi connectivity index (χ0) is 19.3. The van der Waals surface area contributed by atoms with Crippen LogP contribution in [0.2, 0.25) is 0 Å². The number of para-hydroxylation sites is 1. The normalized spacial score (nSPS) is 21.2. The lowest BCUT2D eigenvalue weighted by Crippen LogP contribution is -2.44. The van der Waals surface area contributed by atoms with Gasteiger partial charge in [-0.05, 0) is 36.5 Å². The predicted molar refractivity (Wildman–Crippen MR) is 109 cm³/mol. The Kier molecular flexibility index (Phi) is 5.69. The number of hydrogen-bond donors (Lipinski definition) is 3. The SMILES string of the molecule is O=C(NCCC(=O)N1CCCc2ccccc21)C1CC(c2ccccc2)NN1. The maximum Gasteiger partial charge on any atom is 0.238 e.